The van der Waals surface area contributed by atoms with E-state index >= 15 is 0 Å². The largest absolute Gasteiger partial charge is 0.419 e. The Morgan fingerprint density at radius 2 is 2.10 bits per heavy atom. The molecule has 0 saturated carbocycles. The van der Waals surface area contributed by atoms with Gasteiger partial charge in [0.1, 0.15) is 5.82 Å². The molecule has 1 aliphatic rings. The van der Waals surface area contributed by atoms with E-state index in [4.69, 9.17) is 16.0 Å². The molecule has 1 unspecified atom stereocenters. The van der Waals surface area contributed by atoms with Crippen molar-refractivity contribution in [3.05, 3.63) is 52.1 Å². The zero-order valence-corrected chi connectivity index (χ0v) is 17.6. The van der Waals surface area contributed by atoms with Crippen molar-refractivity contribution in [3.8, 4) is 0 Å². The normalized spacial score (nSPS) is 17.9. The maximum Gasteiger partial charge on any atom is 0.419 e. The van der Waals surface area contributed by atoms with Gasteiger partial charge in [0.25, 0.3) is 0 Å². The number of piperidine rings is 1. The predicted octanol–water partition coefficient (Wildman–Crippen LogP) is 2.22. The van der Waals surface area contributed by atoms with E-state index in [1.54, 1.807) is 19.2 Å². The number of benzene rings is 1. The number of pyridine rings is 1. The van der Waals surface area contributed by atoms with Crippen molar-refractivity contribution in [2.45, 2.75) is 17.7 Å². The fourth-order valence-electron chi connectivity index (χ4n) is 3.48. The predicted molar refractivity (Wildman–Crippen MR) is 111 cm³/mol. The number of nitrogens with one attached hydrogen (secondary N) is 1. The number of aromatic nitrogens is 2. The molecule has 1 amide bonds. The van der Waals surface area contributed by atoms with Crippen molar-refractivity contribution in [3.63, 3.8) is 0 Å². The first-order chi connectivity index (χ1) is 14.3. The molecule has 1 N–H and O–H groups in total. The van der Waals surface area contributed by atoms with Crippen LogP contribution in [-0.4, -0.2) is 41.3 Å². The summed E-state index contributed by atoms with van der Waals surface area (Å²) < 4.78 is 33.9. The van der Waals surface area contributed by atoms with Gasteiger partial charge in [0.2, 0.25) is 15.9 Å². The molecule has 1 fully saturated rings. The molecule has 158 valence electrons. The molecule has 1 aliphatic heterocycles. The van der Waals surface area contributed by atoms with E-state index in [0.717, 1.165) is 0 Å². The molecule has 0 bridgehead atoms. The fourth-order valence-corrected chi connectivity index (χ4v) is 5.13. The second kappa shape index (κ2) is 7.86. The summed E-state index contributed by atoms with van der Waals surface area (Å²) in [6.07, 6.45) is 2.54. The number of amides is 1. The third-order valence-electron chi connectivity index (χ3n) is 5.14. The second-order valence-corrected chi connectivity index (χ2v) is 9.48. The van der Waals surface area contributed by atoms with Gasteiger partial charge in [-0.2, -0.15) is 4.31 Å². The minimum absolute atomic E-state index is 0.0183. The van der Waals surface area contributed by atoms with E-state index in [2.05, 4.69) is 10.3 Å². The minimum atomic E-state index is -3.85. The van der Waals surface area contributed by atoms with E-state index in [9.17, 15) is 18.0 Å². The Morgan fingerprint density at radius 1 is 1.30 bits per heavy atom. The number of anilines is 1. The second-order valence-electron chi connectivity index (χ2n) is 7.11. The lowest BCUT2D eigenvalue weighted by Crippen LogP contribution is -2.43. The molecule has 30 heavy (non-hydrogen) atoms. The van der Waals surface area contributed by atoms with E-state index in [0.29, 0.717) is 35.7 Å². The van der Waals surface area contributed by atoms with Gasteiger partial charge < -0.3 is 9.73 Å². The third kappa shape index (κ3) is 3.85. The quantitative estimate of drug-likeness (QED) is 0.651. The van der Waals surface area contributed by atoms with Crippen molar-refractivity contribution in [2.24, 2.45) is 13.0 Å². The number of oxazole rings is 1. The monoisotopic (exact) mass is 450 g/mol. The summed E-state index contributed by atoms with van der Waals surface area (Å²) in [6.45, 7) is 0.362. The number of aryl methyl sites for hydroxylation is 1. The topological polar surface area (TPSA) is 115 Å². The molecule has 1 saturated heterocycles. The Balaban J connectivity index is 1.53. The van der Waals surface area contributed by atoms with Gasteiger partial charge in [-0.1, -0.05) is 11.6 Å². The molecule has 0 aliphatic carbocycles. The number of nitrogens with zero attached hydrogens (tertiary/aromatic N) is 3. The van der Waals surface area contributed by atoms with Gasteiger partial charge >= 0.3 is 5.76 Å². The maximum atomic E-state index is 13.1. The lowest BCUT2D eigenvalue weighted by molar-refractivity contribution is -0.120. The van der Waals surface area contributed by atoms with Crippen molar-refractivity contribution in [1.82, 2.24) is 13.9 Å². The number of carbonyl (C=O) groups is 1. The molecule has 4 rings (SSSR count). The van der Waals surface area contributed by atoms with Crippen LogP contribution in [0.15, 0.2) is 50.6 Å². The number of halogens is 1. The fraction of sp³-hybridized carbons (Fsp3) is 0.316. The Kier molecular flexibility index (Phi) is 5.39. The number of sulfonamides is 1. The van der Waals surface area contributed by atoms with E-state index < -0.39 is 21.7 Å². The first kappa shape index (κ1) is 20.6. The van der Waals surface area contributed by atoms with Crippen LogP contribution in [0.1, 0.15) is 12.8 Å². The van der Waals surface area contributed by atoms with E-state index in [-0.39, 0.29) is 22.9 Å². The van der Waals surface area contributed by atoms with Crippen LogP contribution in [0.2, 0.25) is 5.02 Å². The van der Waals surface area contributed by atoms with Crippen molar-refractivity contribution in [2.75, 3.05) is 18.4 Å². The van der Waals surface area contributed by atoms with Gasteiger partial charge in [0.05, 0.1) is 21.4 Å². The van der Waals surface area contributed by atoms with Crippen molar-refractivity contribution in [1.29, 1.82) is 0 Å². The van der Waals surface area contributed by atoms with Crippen LogP contribution in [0.25, 0.3) is 11.1 Å². The number of carbonyl (C=O) groups excluding carboxylic acids is 1. The van der Waals surface area contributed by atoms with Crippen LogP contribution >= 0.6 is 11.6 Å². The Morgan fingerprint density at radius 3 is 2.83 bits per heavy atom. The first-order valence-electron chi connectivity index (χ1n) is 9.28. The van der Waals surface area contributed by atoms with Crippen molar-refractivity contribution < 1.29 is 17.6 Å². The average molecular weight is 451 g/mol. The molecule has 0 spiro atoms. The zero-order valence-electron chi connectivity index (χ0n) is 16.0. The van der Waals surface area contributed by atoms with E-state index in [1.807, 2.05) is 0 Å². The van der Waals surface area contributed by atoms with Crippen LogP contribution < -0.4 is 11.1 Å². The third-order valence-corrected chi connectivity index (χ3v) is 7.22. The molecule has 3 aromatic rings. The van der Waals surface area contributed by atoms with Crippen molar-refractivity contribution >= 4 is 44.4 Å². The average Bonchev–Trinajstić information content (AvgIpc) is 3.03. The van der Waals surface area contributed by atoms with Crippen LogP contribution in [0.5, 0.6) is 0 Å². The molecule has 0 radical (unpaired) electrons. The van der Waals surface area contributed by atoms with Gasteiger partial charge in [-0.3, -0.25) is 9.36 Å². The van der Waals surface area contributed by atoms with Gasteiger partial charge in [-0.15, -0.1) is 0 Å². The molecule has 1 atom stereocenters. The maximum absolute atomic E-state index is 13.1. The van der Waals surface area contributed by atoms with Gasteiger partial charge in [-0.05, 0) is 37.1 Å². The highest BCUT2D eigenvalue weighted by Gasteiger charge is 2.33. The van der Waals surface area contributed by atoms with Gasteiger partial charge in [0, 0.05) is 32.4 Å². The van der Waals surface area contributed by atoms with Crippen LogP contribution in [0.4, 0.5) is 5.82 Å². The summed E-state index contributed by atoms with van der Waals surface area (Å²) in [7, 11) is -2.31. The highest BCUT2D eigenvalue weighted by atomic mass is 35.5. The minimum Gasteiger partial charge on any atom is -0.408 e. The molecule has 11 heteroatoms. The summed E-state index contributed by atoms with van der Waals surface area (Å²) >= 11 is 5.80. The molecule has 9 nitrogen and oxygen atoms in total. The van der Waals surface area contributed by atoms with Crippen LogP contribution in [0.3, 0.4) is 0 Å². The summed E-state index contributed by atoms with van der Waals surface area (Å²) in [5.41, 5.74) is 0.703. The number of fused-ring (bicyclic) bond motifs is 1. The highest BCUT2D eigenvalue weighted by Crippen LogP contribution is 2.26. The standard InChI is InChI=1S/C19H19ClN4O5S/c1-23-15-6-5-14(9-16(15)29-19(23)26)30(27,28)24-8-2-3-12(11-24)18(25)22-17-7-4-13(20)10-21-17/h4-7,9-10,12H,2-3,8,11H2,1H3,(H,21,22,25). The molecular weight excluding hydrogens is 432 g/mol. The van der Waals surface area contributed by atoms with Gasteiger partial charge in [0.15, 0.2) is 5.58 Å². The summed E-state index contributed by atoms with van der Waals surface area (Å²) in [4.78, 5) is 28.3. The van der Waals surface area contributed by atoms with Gasteiger partial charge in [-0.25, -0.2) is 18.2 Å². The first-order valence-corrected chi connectivity index (χ1v) is 11.1. The number of hydrogen-bond acceptors (Lipinski definition) is 6. The Hall–Kier alpha value is -2.69. The Bertz CT molecular complexity index is 1270. The van der Waals surface area contributed by atoms with Crippen LogP contribution in [-0.2, 0) is 21.9 Å². The number of rotatable bonds is 4. The molecule has 3 heterocycles. The molecule has 2 aromatic heterocycles. The summed E-state index contributed by atoms with van der Waals surface area (Å²) in [6, 6.07) is 7.51. The van der Waals surface area contributed by atoms with Crippen LogP contribution in [0, 0.1) is 5.92 Å². The lowest BCUT2D eigenvalue weighted by Gasteiger charge is -2.31. The lowest BCUT2D eigenvalue weighted by atomic mass is 9.99. The smallest absolute Gasteiger partial charge is 0.408 e. The highest BCUT2D eigenvalue weighted by molar-refractivity contribution is 7.89. The molecular formula is C19H19ClN4O5S. The molecule has 1 aromatic carbocycles. The summed E-state index contributed by atoms with van der Waals surface area (Å²) in [5, 5.41) is 3.15. The SMILES string of the molecule is Cn1c(=O)oc2cc(S(=O)(=O)N3CCCC(C(=O)Nc4ccc(Cl)cn4)C3)ccc21. The Labute approximate surface area is 177 Å². The van der Waals surface area contributed by atoms with E-state index in [1.165, 1.54) is 33.3 Å². The zero-order chi connectivity index (χ0) is 21.5. The number of hydrogen-bond donors (Lipinski definition) is 1. The summed E-state index contributed by atoms with van der Waals surface area (Å²) in [5.74, 6) is -1.02.